The van der Waals surface area contributed by atoms with Crippen LogP contribution in [0, 0.1) is 0 Å². The quantitative estimate of drug-likeness (QED) is 0.826. The van der Waals surface area contributed by atoms with E-state index in [1.807, 2.05) is 6.07 Å². The lowest BCUT2D eigenvalue weighted by atomic mass is 10.0. The van der Waals surface area contributed by atoms with E-state index in [1.54, 1.807) is 19.4 Å². The molecule has 1 aliphatic heterocycles. The van der Waals surface area contributed by atoms with Gasteiger partial charge >= 0.3 is 0 Å². The molecular weight excluding hydrogens is 260 g/mol. The Kier molecular flexibility index (Phi) is 3.37. The standard InChI is InChI=1S/C13H16N4O3/c1-19-11-3-2-9(7-15-11)6-10-16-12(20-17-10)13(18)4-5-14-8-13/h2-3,7,14,18H,4-6,8H2,1H3. The zero-order chi connectivity index (χ0) is 14.0. The lowest BCUT2D eigenvalue weighted by Crippen LogP contribution is -2.28. The van der Waals surface area contributed by atoms with Gasteiger partial charge in [-0.2, -0.15) is 4.98 Å². The van der Waals surface area contributed by atoms with Crippen molar-refractivity contribution in [1.29, 1.82) is 0 Å². The number of ether oxygens (including phenoxy) is 1. The van der Waals surface area contributed by atoms with Crippen LogP contribution in [0.15, 0.2) is 22.9 Å². The molecule has 106 valence electrons. The third-order valence-electron chi connectivity index (χ3n) is 3.37. The van der Waals surface area contributed by atoms with Gasteiger partial charge in [-0.3, -0.25) is 0 Å². The normalized spacial score (nSPS) is 22.1. The highest BCUT2D eigenvalue weighted by atomic mass is 16.5. The van der Waals surface area contributed by atoms with Gasteiger partial charge in [-0.25, -0.2) is 4.98 Å². The van der Waals surface area contributed by atoms with Gasteiger partial charge in [0.25, 0.3) is 5.89 Å². The SMILES string of the molecule is COc1ccc(Cc2noc(C3(O)CCNC3)n2)cn1. The molecule has 0 radical (unpaired) electrons. The van der Waals surface area contributed by atoms with Crippen LogP contribution in [0.1, 0.15) is 23.7 Å². The van der Waals surface area contributed by atoms with Crippen LogP contribution in [0.3, 0.4) is 0 Å². The maximum absolute atomic E-state index is 10.3. The van der Waals surface area contributed by atoms with Crippen molar-refractivity contribution < 1.29 is 14.4 Å². The summed E-state index contributed by atoms with van der Waals surface area (Å²) >= 11 is 0. The van der Waals surface area contributed by atoms with Gasteiger partial charge in [0.15, 0.2) is 11.4 Å². The maximum Gasteiger partial charge on any atom is 0.259 e. The first kappa shape index (κ1) is 13.0. The number of rotatable bonds is 4. The van der Waals surface area contributed by atoms with E-state index in [1.165, 1.54) is 0 Å². The topological polar surface area (TPSA) is 93.3 Å². The van der Waals surface area contributed by atoms with Gasteiger partial charge in [0, 0.05) is 25.2 Å². The predicted molar refractivity (Wildman–Crippen MR) is 69.3 cm³/mol. The number of nitrogens with one attached hydrogen (secondary N) is 1. The van der Waals surface area contributed by atoms with E-state index in [0.29, 0.717) is 31.1 Å². The Morgan fingerprint density at radius 2 is 2.40 bits per heavy atom. The molecule has 0 aliphatic carbocycles. The second-order valence-corrected chi connectivity index (χ2v) is 4.86. The third kappa shape index (κ3) is 2.50. The van der Waals surface area contributed by atoms with Gasteiger partial charge in [-0.1, -0.05) is 11.2 Å². The summed E-state index contributed by atoms with van der Waals surface area (Å²) in [6.07, 6.45) is 2.80. The number of pyridine rings is 1. The molecule has 0 saturated carbocycles. The molecule has 2 aromatic heterocycles. The van der Waals surface area contributed by atoms with Gasteiger partial charge in [-0.15, -0.1) is 0 Å². The number of nitrogens with zero attached hydrogens (tertiary/aromatic N) is 3. The summed E-state index contributed by atoms with van der Waals surface area (Å²) in [6.45, 7) is 1.19. The van der Waals surface area contributed by atoms with Gasteiger partial charge < -0.3 is 19.7 Å². The van der Waals surface area contributed by atoms with Crippen LogP contribution in [0.5, 0.6) is 5.88 Å². The fourth-order valence-corrected chi connectivity index (χ4v) is 2.19. The molecule has 0 bridgehead atoms. The Balaban J connectivity index is 1.73. The number of aliphatic hydroxyl groups is 1. The van der Waals surface area contributed by atoms with Crippen LogP contribution in [-0.2, 0) is 12.0 Å². The largest absolute Gasteiger partial charge is 0.481 e. The van der Waals surface area contributed by atoms with E-state index in [2.05, 4.69) is 20.4 Å². The number of hydrogen-bond donors (Lipinski definition) is 2. The van der Waals surface area contributed by atoms with Crippen molar-refractivity contribution in [3.8, 4) is 5.88 Å². The van der Waals surface area contributed by atoms with Crippen molar-refractivity contribution in [1.82, 2.24) is 20.4 Å². The molecule has 2 N–H and O–H groups in total. The first-order valence-electron chi connectivity index (χ1n) is 6.45. The van der Waals surface area contributed by atoms with Gasteiger partial charge in [-0.05, 0) is 18.5 Å². The Morgan fingerprint density at radius 3 is 3.05 bits per heavy atom. The Hall–Kier alpha value is -1.99. The molecule has 1 saturated heterocycles. The summed E-state index contributed by atoms with van der Waals surface area (Å²) in [5.74, 6) is 1.38. The first-order chi connectivity index (χ1) is 9.69. The summed E-state index contributed by atoms with van der Waals surface area (Å²) in [6, 6.07) is 3.68. The van der Waals surface area contributed by atoms with E-state index in [9.17, 15) is 5.11 Å². The zero-order valence-electron chi connectivity index (χ0n) is 11.2. The van der Waals surface area contributed by atoms with E-state index < -0.39 is 5.60 Å². The van der Waals surface area contributed by atoms with Gasteiger partial charge in [0.05, 0.1) is 7.11 Å². The van der Waals surface area contributed by atoms with Crippen molar-refractivity contribution >= 4 is 0 Å². The average molecular weight is 276 g/mol. The molecule has 0 amide bonds. The molecule has 3 heterocycles. The molecule has 1 unspecified atom stereocenters. The smallest absolute Gasteiger partial charge is 0.259 e. The van der Waals surface area contributed by atoms with Crippen LogP contribution < -0.4 is 10.1 Å². The minimum Gasteiger partial charge on any atom is -0.481 e. The van der Waals surface area contributed by atoms with Crippen LogP contribution in [0.2, 0.25) is 0 Å². The summed E-state index contributed by atoms with van der Waals surface area (Å²) < 4.78 is 10.2. The molecule has 1 fully saturated rings. The summed E-state index contributed by atoms with van der Waals surface area (Å²) in [5, 5.41) is 17.3. The van der Waals surface area contributed by atoms with Crippen molar-refractivity contribution in [3.05, 3.63) is 35.6 Å². The lowest BCUT2D eigenvalue weighted by Gasteiger charge is -2.14. The lowest BCUT2D eigenvalue weighted by molar-refractivity contribution is 0.0243. The van der Waals surface area contributed by atoms with Gasteiger partial charge in [0.1, 0.15) is 0 Å². The molecule has 7 nitrogen and oxygen atoms in total. The third-order valence-corrected chi connectivity index (χ3v) is 3.37. The van der Waals surface area contributed by atoms with E-state index >= 15 is 0 Å². The van der Waals surface area contributed by atoms with Gasteiger partial charge in [0.2, 0.25) is 5.88 Å². The van der Waals surface area contributed by atoms with Crippen LogP contribution in [0.4, 0.5) is 0 Å². The number of methoxy groups -OCH3 is 1. The fraction of sp³-hybridized carbons (Fsp3) is 0.462. The molecule has 7 heteroatoms. The van der Waals surface area contributed by atoms with E-state index in [-0.39, 0.29) is 5.89 Å². The molecule has 1 atom stereocenters. The van der Waals surface area contributed by atoms with Crippen LogP contribution >= 0.6 is 0 Å². The van der Waals surface area contributed by atoms with Crippen molar-refractivity contribution in [2.75, 3.05) is 20.2 Å². The number of hydrogen-bond acceptors (Lipinski definition) is 7. The summed E-state index contributed by atoms with van der Waals surface area (Å²) in [7, 11) is 1.57. The fourth-order valence-electron chi connectivity index (χ4n) is 2.19. The second kappa shape index (κ2) is 5.18. The van der Waals surface area contributed by atoms with E-state index in [0.717, 1.165) is 12.1 Å². The molecule has 20 heavy (non-hydrogen) atoms. The van der Waals surface area contributed by atoms with Crippen molar-refractivity contribution in [2.24, 2.45) is 0 Å². The second-order valence-electron chi connectivity index (χ2n) is 4.86. The molecule has 0 spiro atoms. The van der Waals surface area contributed by atoms with Crippen LogP contribution in [0.25, 0.3) is 0 Å². The number of aromatic nitrogens is 3. The minimum absolute atomic E-state index is 0.277. The monoisotopic (exact) mass is 276 g/mol. The zero-order valence-corrected chi connectivity index (χ0v) is 11.2. The number of β-amino-alcohol motifs (C(OH)–C–C–N with tert-alkyl or cyclic N) is 1. The highest BCUT2D eigenvalue weighted by Crippen LogP contribution is 2.26. The maximum atomic E-state index is 10.3. The van der Waals surface area contributed by atoms with Crippen LogP contribution in [-0.4, -0.2) is 40.4 Å². The molecule has 3 rings (SSSR count). The minimum atomic E-state index is -1.04. The Morgan fingerprint density at radius 1 is 1.50 bits per heavy atom. The average Bonchev–Trinajstić information content (AvgIpc) is 3.10. The predicted octanol–water partition coefficient (Wildman–Crippen LogP) is 0.245. The Labute approximate surface area is 116 Å². The van der Waals surface area contributed by atoms with Crippen molar-refractivity contribution in [3.63, 3.8) is 0 Å². The summed E-state index contributed by atoms with van der Waals surface area (Å²) in [5.41, 5.74) is -0.0849. The first-order valence-corrected chi connectivity index (χ1v) is 6.45. The highest BCUT2D eigenvalue weighted by Gasteiger charge is 2.38. The van der Waals surface area contributed by atoms with Crippen molar-refractivity contribution in [2.45, 2.75) is 18.4 Å². The molecule has 2 aromatic rings. The summed E-state index contributed by atoms with van der Waals surface area (Å²) in [4.78, 5) is 8.40. The van der Waals surface area contributed by atoms with E-state index in [4.69, 9.17) is 9.26 Å². The molecular formula is C13H16N4O3. The Bertz CT molecular complexity index is 576. The molecule has 0 aromatic carbocycles. The molecule has 1 aliphatic rings. The highest BCUT2D eigenvalue weighted by molar-refractivity contribution is 5.20.